The van der Waals surface area contributed by atoms with Crippen LogP contribution in [0, 0.1) is 13.8 Å². The van der Waals surface area contributed by atoms with Crippen molar-refractivity contribution in [1.82, 2.24) is 0 Å². The van der Waals surface area contributed by atoms with Crippen LogP contribution in [0.15, 0.2) is 72.8 Å². The lowest BCUT2D eigenvalue weighted by Gasteiger charge is -2.12. The normalized spacial score (nSPS) is 10.3. The predicted molar refractivity (Wildman–Crippen MR) is 123 cm³/mol. The van der Waals surface area contributed by atoms with Gasteiger partial charge >= 0.3 is 0 Å². The first kappa shape index (κ1) is 21.5. The monoisotopic (exact) mass is 420 g/mol. The summed E-state index contributed by atoms with van der Waals surface area (Å²) in [7, 11) is 0. The fraction of sp³-hybridized carbons (Fsp3) is 0.167. The summed E-state index contributed by atoms with van der Waals surface area (Å²) in [6.07, 6.45) is 0. The summed E-state index contributed by atoms with van der Waals surface area (Å²) < 4.78 is 5.90. The average molecular weight is 421 g/mol. The summed E-state index contributed by atoms with van der Waals surface area (Å²) >= 11 is 1.26. The lowest BCUT2D eigenvalue weighted by molar-refractivity contribution is -0.114. The Morgan fingerprint density at radius 3 is 2.23 bits per heavy atom. The molecule has 0 aliphatic rings. The van der Waals surface area contributed by atoms with Crippen molar-refractivity contribution < 1.29 is 14.3 Å². The van der Waals surface area contributed by atoms with Gasteiger partial charge in [-0.3, -0.25) is 9.59 Å². The fourth-order valence-electron chi connectivity index (χ4n) is 2.73. The molecule has 0 aromatic heterocycles. The summed E-state index contributed by atoms with van der Waals surface area (Å²) in [4.78, 5) is 24.4. The molecule has 0 bridgehead atoms. The van der Waals surface area contributed by atoms with Crippen LogP contribution in [0.2, 0.25) is 0 Å². The number of thioether (sulfide) groups is 1. The topological polar surface area (TPSA) is 67.4 Å². The molecule has 0 spiro atoms. The number of para-hydroxylation sites is 2. The van der Waals surface area contributed by atoms with Crippen molar-refractivity contribution in [3.63, 3.8) is 0 Å². The van der Waals surface area contributed by atoms with Crippen LogP contribution in [-0.2, 0) is 9.59 Å². The minimum absolute atomic E-state index is 0.137. The Morgan fingerprint density at radius 1 is 0.800 bits per heavy atom. The molecule has 30 heavy (non-hydrogen) atoms. The maximum absolute atomic E-state index is 12.3. The van der Waals surface area contributed by atoms with Gasteiger partial charge in [-0.15, -0.1) is 11.8 Å². The van der Waals surface area contributed by atoms with Crippen LogP contribution >= 0.6 is 11.8 Å². The van der Waals surface area contributed by atoms with Crippen LogP contribution in [0.4, 0.5) is 11.4 Å². The van der Waals surface area contributed by atoms with E-state index in [-0.39, 0.29) is 23.3 Å². The number of aryl methyl sites for hydroxylation is 2. The minimum atomic E-state index is -0.191. The minimum Gasteiger partial charge on any atom is -0.455 e. The Balaban J connectivity index is 1.49. The second kappa shape index (κ2) is 10.5. The van der Waals surface area contributed by atoms with E-state index in [4.69, 9.17) is 4.74 Å². The van der Waals surface area contributed by atoms with E-state index in [1.165, 1.54) is 11.8 Å². The molecule has 0 fully saturated rings. The van der Waals surface area contributed by atoms with Crippen LogP contribution in [0.1, 0.15) is 11.1 Å². The molecule has 154 valence electrons. The number of nitrogens with one attached hydrogen (secondary N) is 2. The first-order valence-electron chi connectivity index (χ1n) is 9.57. The van der Waals surface area contributed by atoms with Gasteiger partial charge in [-0.25, -0.2) is 0 Å². The lowest BCUT2D eigenvalue weighted by Crippen LogP contribution is -2.18. The summed E-state index contributed by atoms with van der Waals surface area (Å²) in [6, 6.07) is 22.6. The molecule has 3 rings (SSSR count). The van der Waals surface area contributed by atoms with E-state index in [0.29, 0.717) is 17.2 Å². The fourth-order valence-corrected chi connectivity index (χ4v) is 3.35. The second-order valence-corrected chi connectivity index (χ2v) is 7.86. The second-order valence-electron chi connectivity index (χ2n) is 6.87. The smallest absolute Gasteiger partial charge is 0.234 e. The molecule has 0 saturated carbocycles. The molecule has 0 heterocycles. The molecule has 6 heteroatoms. The van der Waals surface area contributed by atoms with E-state index in [2.05, 4.69) is 10.6 Å². The molecule has 0 aliphatic carbocycles. The number of hydrogen-bond acceptors (Lipinski definition) is 4. The highest BCUT2D eigenvalue weighted by Crippen LogP contribution is 2.29. The van der Waals surface area contributed by atoms with Crippen molar-refractivity contribution in [2.75, 3.05) is 22.1 Å². The summed E-state index contributed by atoms with van der Waals surface area (Å²) in [6.45, 7) is 3.98. The highest BCUT2D eigenvalue weighted by Gasteiger charge is 2.10. The maximum Gasteiger partial charge on any atom is 0.234 e. The standard InChI is InChI=1S/C24H24N2O3S/c1-17-10-12-20(13-11-17)29-22-9-4-3-8-21(22)26-24(28)16-30-15-23(27)25-19-7-5-6-18(2)14-19/h3-14H,15-16H2,1-2H3,(H,25,27)(H,26,28). The van der Waals surface area contributed by atoms with Crippen molar-refractivity contribution in [2.24, 2.45) is 0 Å². The van der Waals surface area contributed by atoms with Crippen LogP contribution < -0.4 is 15.4 Å². The predicted octanol–water partition coefficient (Wildman–Crippen LogP) is 5.41. The van der Waals surface area contributed by atoms with Crippen molar-refractivity contribution in [3.05, 3.63) is 83.9 Å². The van der Waals surface area contributed by atoms with E-state index in [0.717, 1.165) is 16.8 Å². The zero-order valence-corrected chi connectivity index (χ0v) is 17.8. The Morgan fingerprint density at radius 2 is 1.50 bits per heavy atom. The van der Waals surface area contributed by atoms with E-state index >= 15 is 0 Å². The molecular weight excluding hydrogens is 396 g/mol. The molecule has 3 aromatic rings. The largest absolute Gasteiger partial charge is 0.455 e. The van der Waals surface area contributed by atoms with E-state index in [1.807, 2.05) is 74.5 Å². The molecule has 5 nitrogen and oxygen atoms in total. The average Bonchev–Trinajstić information content (AvgIpc) is 2.71. The van der Waals surface area contributed by atoms with Gasteiger partial charge in [0.1, 0.15) is 5.75 Å². The van der Waals surface area contributed by atoms with Gasteiger partial charge in [-0.2, -0.15) is 0 Å². The highest BCUT2D eigenvalue weighted by molar-refractivity contribution is 8.00. The summed E-state index contributed by atoms with van der Waals surface area (Å²) in [5.41, 5.74) is 3.57. The first-order chi connectivity index (χ1) is 14.5. The quantitative estimate of drug-likeness (QED) is 0.512. The molecule has 2 amide bonds. The number of carbonyl (C=O) groups excluding carboxylic acids is 2. The third kappa shape index (κ3) is 6.67. The van der Waals surface area contributed by atoms with Gasteiger partial charge in [0.2, 0.25) is 11.8 Å². The van der Waals surface area contributed by atoms with Crippen LogP contribution in [0.5, 0.6) is 11.5 Å². The van der Waals surface area contributed by atoms with Crippen molar-refractivity contribution in [3.8, 4) is 11.5 Å². The third-order valence-corrected chi connectivity index (χ3v) is 5.11. The number of amides is 2. The van der Waals surface area contributed by atoms with Crippen LogP contribution in [0.25, 0.3) is 0 Å². The van der Waals surface area contributed by atoms with Crippen molar-refractivity contribution >= 4 is 35.0 Å². The maximum atomic E-state index is 12.3. The number of ether oxygens (including phenoxy) is 1. The number of carbonyl (C=O) groups is 2. The Labute approximate surface area is 180 Å². The molecule has 3 aromatic carbocycles. The number of benzene rings is 3. The molecule has 0 atom stereocenters. The summed E-state index contributed by atoms with van der Waals surface area (Å²) in [5, 5.41) is 5.69. The van der Waals surface area contributed by atoms with Gasteiger partial charge in [0, 0.05) is 5.69 Å². The molecule has 0 aliphatic heterocycles. The van der Waals surface area contributed by atoms with Gasteiger partial charge in [0.25, 0.3) is 0 Å². The van der Waals surface area contributed by atoms with E-state index < -0.39 is 0 Å². The third-order valence-electron chi connectivity index (χ3n) is 4.18. The van der Waals surface area contributed by atoms with Crippen LogP contribution in [0.3, 0.4) is 0 Å². The molecular formula is C24H24N2O3S. The van der Waals surface area contributed by atoms with Gasteiger partial charge in [0.05, 0.1) is 17.2 Å². The van der Waals surface area contributed by atoms with E-state index in [9.17, 15) is 9.59 Å². The first-order valence-corrected chi connectivity index (χ1v) is 10.7. The van der Waals surface area contributed by atoms with Gasteiger partial charge in [-0.1, -0.05) is 42.0 Å². The lowest BCUT2D eigenvalue weighted by atomic mass is 10.2. The molecule has 2 N–H and O–H groups in total. The molecule has 0 radical (unpaired) electrons. The van der Waals surface area contributed by atoms with Crippen molar-refractivity contribution in [1.29, 1.82) is 0 Å². The zero-order chi connectivity index (χ0) is 21.3. The SMILES string of the molecule is Cc1ccc(Oc2ccccc2NC(=O)CSCC(=O)Nc2cccc(C)c2)cc1. The van der Waals surface area contributed by atoms with Gasteiger partial charge in [0.15, 0.2) is 5.75 Å². The Hall–Kier alpha value is -3.25. The molecule has 0 saturated heterocycles. The van der Waals surface area contributed by atoms with Crippen LogP contribution in [-0.4, -0.2) is 23.3 Å². The zero-order valence-electron chi connectivity index (χ0n) is 17.0. The highest BCUT2D eigenvalue weighted by atomic mass is 32.2. The number of hydrogen-bond donors (Lipinski definition) is 2. The van der Waals surface area contributed by atoms with Gasteiger partial charge in [-0.05, 0) is 55.8 Å². The molecule has 0 unspecified atom stereocenters. The number of anilines is 2. The van der Waals surface area contributed by atoms with E-state index in [1.54, 1.807) is 12.1 Å². The number of rotatable bonds is 8. The summed E-state index contributed by atoms with van der Waals surface area (Å²) in [5.74, 6) is 1.30. The Kier molecular flexibility index (Phi) is 7.51. The van der Waals surface area contributed by atoms with Crippen molar-refractivity contribution in [2.45, 2.75) is 13.8 Å². The Bertz CT molecular complexity index is 1020. The van der Waals surface area contributed by atoms with Gasteiger partial charge < -0.3 is 15.4 Å².